The van der Waals surface area contributed by atoms with Crippen LogP contribution in [0.2, 0.25) is 0 Å². The summed E-state index contributed by atoms with van der Waals surface area (Å²) in [4.78, 5) is 36.6. The molecule has 5 nitrogen and oxygen atoms in total. The second-order valence-corrected chi connectivity index (χ2v) is 6.85. The molecule has 1 N–H and O–H groups in total. The number of carbonyl (C=O) groups is 3. The predicted molar refractivity (Wildman–Crippen MR) is 91.4 cm³/mol. The third kappa shape index (κ3) is 3.88. The zero-order valence-electron chi connectivity index (χ0n) is 13.2. The number of hydrogen-bond donors (Lipinski definition) is 1. The third-order valence-electron chi connectivity index (χ3n) is 3.65. The SMILES string of the molecule is CC1Sc2ccc(C(=O)OCC(=O)c3ccc(F)cc3)cc2NC1=O. The van der Waals surface area contributed by atoms with E-state index in [1.54, 1.807) is 19.1 Å². The number of esters is 1. The average molecular weight is 359 g/mol. The van der Waals surface area contributed by atoms with Gasteiger partial charge in [-0.15, -0.1) is 11.8 Å². The van der Waals surface area contributed by atoms with Crippen molar-refractivity contribution in [2.75, 3.05) is 11.9 Å². The molecule has 2 aromatic carbocycles. The highest BCUT2D eigenvalue weighted by Crippen LogP contribution is 2.36. The molecule has 0 bridgehead atoms. The Balaban J connectivity index is 1.66. The van der Waals surface area contributed by atoms with E-state index in [1.165, 1.54) is 42.1 Å². The number of rotatable bonds is 4. The van der Waals surface area contributed by atoms with Crippen LogP contribution < -0.4 is 5.32 Å². The molecule has 1 aliphatic rings. The Morgan fingerprint density at radius 2 is 1.84 bits per heavy atom. The third-order valence-corrected chi connectivity index (χ3v) is 4.82. The number of thioether (sulfide) groups is 1. The monoisotopic (exact) mass is 359 g/mol. The highest BCUT2D eigenvalue weighted by molar-refractivity contribution is 8.00. The minimum absolute atomic E-state index is 0.130. The number of carbonyl (C=O) groups excluding carboxylic acids is 3. The molecule has 1 aliphatic heterocycles. The Hall–Kier alpha value is -2.67. The van der Waals surface area contributed by atoms with Crippen LogP contribution in [-0.4, -0.2) is 29.5 Å². The Morgan fingerprint density at radius 1 is 1.16 bits per heavy atom. The van der Waals surface area contributed by atoms with Crippen LogP contribution in [0.1, 0.15) is 27.6 Å². The van der Waals surface area contributed by atoms with E-state index in [2.05, 4.69) is 5.32 Å². The number of amides is 1. The van der Waals surface area contributed by atoms with Crippen molar-refractivity contribution in [3.8, 4) is 0 Å². The van der Waals surface area contributed by atoms with Gasteiger partial charge in [0.1, 0.15) is 5.82 Å². The van der Waals surface area contributed by atoms with Gasteiger partial charge in [0, 0.05) is 10.5 Å². The van der Waals surface area contributed by atoms with Crippen LogP contribution >= 0.6 is 11.8 Å². The number of anilines is 1. The average Bonchev–Trinajstić information content (AvgIpc) is 2.60. The fourth-order valence-corrected chi connectivity index (χ4v) is 3.20. The van der Waals surface area contributed by atoms with Gasteiger partial charge in [0.25, 0.3) is 0 Å². The van der Waals surface area contributed by atoms with Crippen molar-refractivity contribution in [2.45, 2.75) is 17.1 Å². The van der Waals surface area contributed by atoms with Crippen LogP contribution in [0.5, 0.6) is 0 Å². The van der Waals surface area contributed by atoms with Crippen molar-refractivity contribution < 1.29 is 23.5 Å². The zero-order valence-corrected chi connectivity index (χ0v) is 14.1. The van der Waals surface area contributed by atoms with E-state index in [0.717, 1.165) is 4.90 Å². The number of nitrogens with one attached hydrogen (secondary N) is 1. The predicted octanol–water partition coefficient (Wildman–Crippen LogP) is 3.30. The largest absolute Gasteiger partial charge is 0.454 e. The van der Waals surface area contributed by atoms with Gasteiger partial charge in [-0.2, -0.15) is 0 Å². The maximum Gasteiger partial charge on any atom is 0.338 e. The quantitative estimate of drug-likeness (QED) is 0.670. The van der Waals surface area contributed by atoms with Gasteiger partial charge in [0.05, 0.1) is 16.5 Å². The molecule has 1 heterocycles. The van der Waals surface area contributed by atoms with Gasteiger partial charge < -0.3 is 10.1 Å². The topological polar surface area (TPSA) is 72.5 Å². The summed E-state index contributed by atoms with van der Waals surface area (Å²) in [5, 5.41) is 2.54. The van der Waals surface area contributed by atoms with Gasteiger partial charge in [-0.1, -0.05) is 0 Å². The van der Waals surface area contributed by atoms with Crippen LogP contribution in [0.3, 0.4) is 0 Å². The maximum atomic E-state index is 12.8. The van der Waals surface area contributed by atoms with Gasteiger partial charge >= 0.3 is 5.97 Å². The van der Waals surface area contributed by atoms with Crippen molar-refractivity contribution in [1.82, 2.24) is 0 Å². The van der Waals surface area contributed by atoms with E-state index in [0.29, 0.717) is 5.69 Å². The number of ether oxygens (including phenoxy) is 1. The second kappa shape index (κ2) is 7.06. The smallest absolute Gasteiger partial charge is 0.338 e. The molecule has 3 rings (SSSR count). The first-order chi connectivity index (χ1) is 11.9. The van der Waals surface area contributed by atoms with Gasteiger partial charge in [0.15, 0.2) is 12.4 Å². The van der Waals surface area contributed by atoms with E-state index in [4.69, 9.17) is 4.74 Å². The Bertz CT molecular complexity index is 851. The first kappa shape index (κ1) is 17.2. The normalized spacial score (nSPS) is 15.9. The van der Waals surface area contributed by atoms with Crippen LogP contribution in [0.4, 0.5) is 10.1 Å². The number of fused-ring (bicyclic) bond motifs is 1. The molecule has 0 saturated carbocycles. The second-order valence-electron chi connectivity index (χ2n) is 5.47. The molecular formula is C18H14FNO4S. The molecule has 0 spiro atoms. The minimum atomic E-state index is -0.670. The van der Waals surface area contributed by atoms with E-state index < -0.39 is 24.2 Å². The molecule has 1 unspecified atom stereocenters. The van der Waals surface area contributed by atoms with Crippen LogP contribution in [0.15, 0.2) is 47.4 Å². The summed E-state index contributed by atoms with van der Waals surface area (Å²) in [7, 11) is 0. The molecule has 128 valence electrons. The molecule has 25 heavy (non-hydrogen) atoms. The van der Waals surface area contributed by atoms with Crippen molar-refractivity contribution in [1.29, 1.82) is 0 Å². The van der Waals surface area contributed by atoms with Crippen molar-refractivity contribution in [3.05, 3.63) is 59.4 Å². The molecule has 7 heteroatoms. The summed E-state index contributed by atoms with van der Waals surface area (Å²) in [6, 6.07) is 9.84. The molecule has 0 fully saturated rings. The lowest BCUT2D eigenvalue weighted by molar-refractivity contribution is -0.115. The number of hydrogen-bond acceptors (Lipinski definition) is 5. The number of ketones is 1. The van der Waals surface area contributed by atoms with Gasteiger partial charge in [-0.05, 0) is 49.4 Å². The zero-order chi connectivity index (χ0) is 18.0. The van der Waals surface area contributed by atoms with Crippen LogP contribution in [0, 0.1) is 5.82 Å². The standard InChI is InChI=1S/C18H14FNO4S/c1-10-17(22)20-14-8-12(4-7-16(14)25-10)18(23)24-9-15(21)11-2-5-13(19)6-3-11/h2-8,10H,9H2,1H3,(H,20,22). The van der Waals surface area contributed by atoms with E-state index in [9.17, 15) is 18.8 Å². The summed E-state index contributed by atoms with van der Waals surface area (Å²) in [6.45, 7) is 1.35. The minimum Gasteiger partial charge on any atom is -0.454 e. The van der Waals surface area contributed by atoms with E-state index in [-0.39, 0.29) is 22.3 Å². The molecule has 0 aromatic heterocycles. The molecule has 0 aliphatic carbocycles. The summed E-state index contributed by atoms with van der Waals surface area (Å²) in [5.41, 5.74) is 1.05. The number of benzene rings is 2. The first-order valence-electron chi connectivity index (χ1n) is 7.51. The molecule has 0 saturated heterocycles. The number of halogens is 1. The summed E-state index contributed by atoms with van der Waals surface area (Å²) >= 11 is 1.41. The van der Waals surface area contributed by atoms with Crippen LogP contribution in [0.25, 0.3) is 0 Å². The van der Waals surface area contributed by atoms with Crippen molar-refractivity contribution in [3.63, 3.8) is 0 Å². The van der Waals surface area contributed by atoms with Gasteiger partial charge in [-0.25, -0.2) is 9.18 Å². The Labute approximate surface area is 147 Å². The lowest BCUT2D eigenvalue weighted by Gasteiger charge is -2.21. The Morgan fingerprint density at radius 3 is 2.56 bits per heavy atom. The summed E-state index contributed by atoms with van der Waals surface area (Å²) in [6.07, 6.45) is 0. The van der Waals surface area contributed by atoms with Crippen molar-refractivity contribution in [2.24, 2.45) is 0 Å². The first-order valence-corrected chi connectivity index (χ1v) is 8.39. The molecule has 1 amide bonds. The van der Waals surface area contributed by atoms with E-state index in [1.807, 2.05) is 0 Å². The molecule has 1 atom stereocenters. The van der Waals surface area contributed by atoms with Gasteiger partial charge in [0.2, 0.25) is 5.91 Å². The number of Topliss-reactive ketones (excluding diaryl/α,β-unsaturated/α-hetero) is 1. The lowest BCUT2D eigenvalue weighted by atomic mass is 10.1. The fourth-order valence-electron chi connectivity index (χ4n) is 2.27. The Kier molecular flexibility index (Phi) is 4.85. The van der Waals surface area contributed by atoms with Crippen LogP contribution in [-0.2, 0) is 9.53 Å². The molecule has 2 aromatic rings. The fraction of sp³-hybridized carbons (Fsp3) is 0.167. The highest BCUT2D eigenvalue weighted by Gasteiger charge is 2.24. The summed E-state index contributed by atoms with van der Waals surface area (Å²) < 4.78 is 17.9. The van der Waals surface area contributed by atoms with E-state index >= 15 is 0 Å². The van der Waals surface area contributed by atoms with Gasteiger partial charge in [-0.3, -0.25) is 9.59 Å². The molecular weight excluding hydrogens is 345 g/mol. The summed E-state index contributed by atoms with van der Waals surface area (Å²) in [5.74, 6) is -1.67. The molecule has 0 radical (unpaired) electrons. The highest BCUT2D eigenvalue weighted by atomic mass is 32.2. The lowest BCUT2D eigenvalue weighted by Crippen LogP contribution is -2.26. The van der Waals surface area contributed by atoms with Crippen molar-refractivity contribution >= 4 is 35.1 Å². The maximum absolute atomic E-state index is 12.8.